The summed E-state index contributed by atoms with van der Waals surface area (Å²) in [5, 5.41) is 9.58. The van der Waals surface area contributed by atoms with Gasteiger partial charge in [-0.15, -0.1) is 4.72 Å². The molecule has 31 heavy (non-hydrogen) atoms. The van der Waals surface area contributed by atoms with Crippen LogP contribution in [-0.4, -0.2) is 15.3 Å². The lowest BCUT2D eigenvalue weighted by Crippen LogP contribution is -2.33. The van der Waals surface area contributed by atoms with Crippen LogP contribution in [0.2, 0.25) is 5.02 Å². The van der Waals surface area contributed by atoms with Crippen molar-refractivity contribution in [1.29, 1.82) is 5.26 Å². The van der Waals surface area contributed by atoms with Gasteiger partial charge >= 0.3 is 0 Å². The van der Waals surface area contributed by atoms with Crippen LogP contribution in [0, 0.1) is 17.1 Å². The van der Waals surface area contributed by atoms with Gasteiger partial charge in [0.15, 0.2) is 0 Å². The Morgan fingerprint density at radius 2 is 2.06 bits per heavy atom. The van der Waals surface area contributed by atoms with Crippen molar-refractivity contribution < 1.29 is 8.94 Å². The van der Waals surface area contributed by atoms with Gasteiger partial charge in [-0.2, -0.15) is 5.26 Å². The van der Waals surface area contributed by atoms with E-state index in [4.69, 9.17) is 11.6 Å². The molecule has 1 N–H and O–H groups in total. The number of unbranched alkanes of at least 4 members (excludes halogenated alkanes) is 1. The summed E-state index contributed by atoms with van der Waals surface area (Å²) in [6.45, 7) is 2.04. The molecule has 0 aliphatic rings. The number of hydrogen-bond donors (Lipinski definition) is 1. The minimum Gasteiger partial charge on any atom is -0.598 e. The number of halogens is 2. The van der Waals surface area contributed by atoms with Gasteiger partial charge in [-0.05, 0) is 60.4 Å². The molecule has 0 saturated carbocycles. The molecule has 0 fully saturated rings. The minimum atomic E-state index is -1.27. The van der Waals surface area contributed by atoms with Crippen LogP contribution < -0.4 is 4.72 Å². The topological polar surface area (TPSA) is 71.8 Å². The molecule has 3 rings (SSSR count). The number of aromatic nitrogens is 1. The molecule has 2 atom stereocenters. The van der Waals surface area contributed by atoms with Gasteiger partial charge < -0.3 is 4.55 Å². The van der Waals surface area contributed by atoms with E-state index in [1.807, 2.05) is 31.2 Å². The fraction of sp³-hybridized carbons (Fsp3) is 0.250. The van der Waals surface area contributed by atoms with Crippen molar-refractivity contribution in [1.82, 2.24) is 9.71 Å². The van der Waals surface area contributed by atoms with E-state index in [-0.39, 0.29) is 0 Å². The predicted molar refractivity (Wildman–Crippen MR) is 123 cm³/mol. The third kappa shape index (κ3) is 6.52. The second-order valence-electron chi connectivity index (χ2n) is 7.18. The lowest BCUT2D eigenvalue weighted by molar-refractivity contribution is 0.546. The normalized spacial score (nSPS) is 12.9. The maximum atomic E-state index is 13.9. The molecule has 7 heteroatoms. The second kappa shape index (κ2) is 11.3. The number of benzene rings is 2. The number of nitrogens with zero attached hydrogens (tertiary/aromatic N) is 2. The Balaban J connectivity index is 2.01. The van der Waals surface area contributed by atoms with Gasteiger partial charge in [-0.3, -0.25) is 4.98 Å². The molecule has 1 heterocycles. The van der Waals surface area contributed by atoms with Crippen LogP contribution in [0.4, 0.5) is 4.39 Å². The SMILES string of the molecule is CCCC[S+]([O-])N[C@@H](Cc1cc(F)cc(Cl)c1)c1ncccc1-c1cccc(C#N)c1. The van der Waals surface area contributed by atoms with Crippen molar-refractivity contribution in [2.75, 3.05) is 5.75 Å². The van der Waals surface area contributed by atoms with Gasteiger partial charge in [0.25, 0.3) is 0 Å². The number of nitriles is 1. The molecule has 0 aliphatic heterocycles. The Bertz CT molecular complexity index is 1050. The summed E-state index contributed by atoms with van der Waals surface area (Å²) in [5.74, 6) is 0.0968. The van der Waals surface area contributed by atoms with Gasteiger partial charge in [0.05, 0.1) is 23.4 Å². The van der Waals surface area contributed by atoms with E-state index in [2.05, 4.69) is 15.8 Å². The molecule has 160 valence electrons. The second-order valence-corrected chi connectivity index (χ2v) is 8.96. The Morgan fingerprint density at radius 3 is 2.81 bits per heavy atom. The van der Waals surface area contributed by atoms with Gasteiger partial charge in [0.2, 0.25) is 0 Å². The lowest BCUT2D eigenvalue weighted by Gasteiger charge is -2.22. The number of rotatable bonds is 9. The first-order valence-electron chi connectivity index (χ1n) is 10.0. The fourth-order valence-electron chi connectivity index (χ4n) is 3.35. The summed E-state index contributed by atoms with van der Waals surface area (Å²) >= 11 is 4.77. The summed E-state index contributed by atoms with van der Waals surface area (Å²) in [5.41, 5.74) is 3.57. The van der Waals surface area contributed by atoms with E-state index in [0.29, 0.717) is 34.0 Å². The van der Waals surface area contributed by atoms with Crippen LogP contribution >= 0.6 is 11.6 Å². The third-order valence-electron chi connectivity index (χ3n) is 4.79. The summed E-state index contributed by atoms with van der Waals surface area (Å²) in [7, 11) is 0. The number of hydrogen-bond acceptors (Lipinski definition) is 4. The smallest absolute Gasteiger partial charge is 0.125 e. The van der Waals surface area contributed by atoms with Crippen molar-refractivity contribution in [2.24, 2.45) is 0 Å². The van der Waals surface area contributed by atoms with Crippen molar-refractivity contribution in [3.05, 3.63) is 88.5 Å². The molecule has 0 bridgehead atoms. The molecule has 1 unspecified atom stereocenters. The van der Waals surface area contributed by atoms with Crippen molar-refractivity contribution in [3.63, 3.8) is 0 Å². The quantitative estimate of drug-likeness (QED) is 0.417. The molecular formula is C24H23ClFN3OS. The van der Waals surface area contributed by atoms with Crippen LogP contribution in [0.15, 0.2) is 60.8 Å². The average molecular weight is 456 g/mol. The van der Waals surface area contributed by atoms with E-state index in [0.717, 1.165) is 24.0 Å². The maximum Gasteiger partial charge on any atom is 0.125 e. The van der Waals surface area contributed by atoms with Gasteiger partial charge in [0.1, 0.15) is 11.6 Å². The first-order valence-corrected chi connectivity index (χ1v) is 11.7. The first-order chi connectivity index (χ1) is 15.0. The van der Waals surface area contributed by atoms with Crippen LogP contribution in [0.1, 0.15) is 42.6 Å². The zero-order chi connectivity index (χ0) is 22.2. The zero-order valence-electron chi connectivity index (χ0n) is 17.1. The highest BCUT2D eigenvalue weighted by molar-refractivity contribution is 7.89. The third-order valence-corrected chi connectivity index (χ3v) is 6.22. The highest BCUT2D eigenvalue weighted by atomic mass is 35.5. The van der Waals surface area contributed by atoms with Crippen LogP contribution in [0.5, 0.6) is 0 Å². The van der Waals surface area contributed by atoms with Crippen LogP contribution in [-0.2, 0) is 17.8 Å². The summed E-state index contributed by atoms with van der Waals surface area (Å²) in [6.07, 6.45) is 3.80. The fourth-order valence-corrected chi connectivity index (χ4v) is 4.77. The van der Waals surface area contributed by atoms with E-state index < -0.39 is 23.2 Å². The average Bonchev–Trinajstić information content (AvgIpc) is 2.76. The minimum absolute atomic E-state index is 0.309. The van der Waals surface area contributed by atoms with E-state index in [1.54, 1.807) is 24.4 Å². The molecule has 3 aromatic rings. The standard InChI is InChI=1S/C24H23ClFN3OS/c1-2-3-10-31(30)29-23(14-18-12-20(25)15-21(26)13-18)24-22(8-5-9-28-24)19-7-4-6-17(11-19)16-27/h4-9,11-13,15,23,29H,2-3,10,14H2,1H3/t23-,31?/m0/s1. The highest BCUT2D eigenvalue weighted by Crippen LogP contribution is 2.30. The Kier molecular flexibility index (Phi) is 8.44. The van der Waals surface area contributed by atoms with Gasteiger partial charge in [-0.1, -0.05) is 43.1 Å². The number of nitrogens with one attached hydrogen (secondary N) is 1. The van der Waals surface area contributed by atoms with Crippen LogP contribution in [0.25, 0.3) is 11.1 Å². The molecule has 0 amide bonds. The lowest BCUT2D eigenvalue weighted by atomic mass is 9.95. The van der Waals surface area contributed by atoms with Crippen molar-refractivity contribution >= 4 is 23.0 Å². The van der Waals surface area contributed by atoms with Crippen molar-refractivity contribution in [3.8, 4) is 17.2 Å². The van der Waals surface area contributed by atoms with Crippen LogP contribution in [0.3, 0.4) is 0 Å². The Labute approximate surface area is 190 Å². The molecular weight excluding hydrogens is 433 g/mol. The monoisotopic (exact) mass is 455 g/mol. The van der Waals surface area contributed by atoms with Gasteiger partial charge in [0, 0.05) is 28.1 Å². The van der Waals surface area contributed by atoms with E-state index in [9.17, 15) is 14.2 Å². The summed E-state index contributed by atoms with van der Waals surface area (Å²) < 4.78 is 29.8. The number of pyridine rings is 1. The molecule has 0 spiro atoms. The zero-order valence-corrected chi connectivity index (χ0v) is 18.7. The summed E-state index contributed by atoms with van der Waals surface area (Å²) in [4.78, 5) is 4.58. The molecule has 0 aliphatic carbocycles. The largest absolute Gasteiger partial charge is 0.598 e. The van der Waals surface area contributed by atoms with Crippen molar-refractivity contribution in [2.45, 2.75) is 32.2 Å². The predicted octanol–water partition coefficient (Wildman–Crippen LogP) is 5.75. The molecule has 0 saturated heterocycles. The van der Waals surface area contributed by atoms with Gasteiger partial charge in [-0.25, -0.2) is 4.39 Å². The maximum absolute atomic E-state index is 13.9. The summed E-state index contributed by atoms with van der Waals surface area (Å²) in [6, 6.07) is 17.1. The Morgan fingerprint density at radius 1 is 1.23 bits per heavy atom. The molecule has 0 radical (unpaired) electrons. The van der Waals surface area contributed by atoms with E-state index in [1.165, 1.54) is 12.1 Å². The molecule has 1 aromatic heterocycles. The molecule has 2 aromatic carbocycles. The highest BCUT2D eigenvalue weighted by Gasteiger charge is 2.24. The molecule has 4 nitrogen and oxygen atoms in total. The Hall–Kier alpha value is -2.43. The first kappa shape index (κ1) is 23.2. The van der Waals surface area contributed by atoms with E-state index >= 15 is 0 Å².